The summed E-state index contributed by atoms with van der Waals surface area (Å²) in [4.78, 5) is 4.36. The number of hydrogen-bond donors (Lipinski definition) is 1. The van der Waals surface area contributed by atoms with Crippen LogP contribution in [0.5, 0.6) is 0 Å². The first-order valence-corrected chi connectivity index (χ1v) is 6.96. The fraction of sp³-hybridized carbons (Fsp3) is 0.471. The Bertz CT molecular complexity index is 614. The molecule has 100 valence electrons. The molecule has 1 aliphatic rings. The topological polar surface area (TPSA) is 38.9 Å². The van der Waals surface area contributed by atoms with Gasteiger partial charge in [0.2, 0.25) is 0 Å². The quantitative estimate of drug-likeness (QED) is 0.882. The molecule has 19 heavy (non-hydrogen) atoms. The molecule has 2 heteroatoms. The van der Waals surface area contributed by atoms with E-state index in [1.54, 1.807) is 0 Å². The van der Waals surface area contributed by atoms with Gasteiger partial charge in [-0.05, 0) is 40.5 Å². The minimum Gasteiger partial charge on any atom is -0.324 e. The molecule has 2 nitrogen and oxygen atoms in total. The van der Waals surface area contributed by atoms with Crippen LogP contribution >= 0.6 is 0 Å². The van der Waals surface area contributed by atoms with Crippen LogP contribution in [0.3, 0.4) is 0 Å². The Morgan fingerprint density at radius 3 is 2.42 bits per heavy atom. The molecule has 0 bridgehead atoms. The normalized spacial score (nSPS) is 22.4. The molecule has 0 amide bonds. The largest absolute Gasteiger partial charge is 0.324 e. The number of nitrogens with two attached hydrogens (primary N) is 1. The zero-order valence-electron chi connectivity index (χ0n) is 12.1. The van der Waals surface area contributed by atoms with Gasteiger partial charge in [0.05, 0.1) is 5.52 Å². The van der Waals surface area contributed by atoms with Crippen molar-refractivity contribution in [2.45, 2.75) is 33.7 Å². The minimum atomic E-state index is 0.106. The van der Waals surface area contributed by atoms with E-state index in [0.29, 0.717) is 16.7 Å². The van der Waals surface area contributed by atoms with E-state index in [2.05, 4.69) is 56.9 Å². The number of nitrogens with zero attached hydrogens (tertiary/aromatic N) is 1. The molecule has 1 heterocycles. The van der Waals surface area contributed by atoms with Crippen LogP contribution in [0, 0.1) is 16.7 Å². The highest BCUT2D eigenvalue weighted by atomic mass is 14.8. The molecule has 1 atom stereocenters. The second kappa shape index (κ2) is 3.80. The van der Waals surface area contributed by atoms with Crippen molar-refractivity contribution in [1.82, 2.24) is 4.98 Å². The molecule has 0 saturated heterocycles. The van der Waals surface area contributed by atoms with E-state index in [0.717, 1.165) is 5.52 Å². The molecule has 2 aromatic rings. The van der Waals surface area contributed by atoms with Crippen molar-refractivity contribution in [3.63, 3.8) is 0 Å². The number of pyridine rings is 1. The maximum absolute atomic E-state index is 6.52. The molecule has 1 aliphatic carbocycles. The molecular formula is C17H22N2. The highest BCUT2D eigenvalue weighted by molar-refractivity contribution is 5.79. The molecule has 1 fully saturated rings. The van der Waals surface area contributed by atoms with Crippen LogP contribution in [0.15, 0.2) is 36.5 Å². The van der Waals surface area contributed by atoms with E-state index < -0.39 is 0 Å². The summed E-state index contributed by atoms with van der Waals surface area (Å²) in [6.45, 7) is 9.28. The number of aromatic nitrogens is 1. The van der Waals surface area contributed by atoms with E-state index >= 15 is 0 Å². The van der Waals surface area contributed by atoms with Gasteiger partial charge >= 0.3 is 0 Å². The van der Waals surface area contributed by atoms with E-state index in [9.17, 15) is 0 Å². The monoisotopic (exact) mass is 254 g/mol. The lowest BCUT2D eigenvalue weighted by atomic mass is 9.96. The fourth-order valence-electron chi connectivity index (χ4n) is 3.64. The van der Waals surface area contributed by atoms with Gasteiger partial charge in [0.1, 0.15) is 0 Å². The Hall–Kier alpha value is -1.41. The summed E-state index contributed by atoms with van der Waals surface area (Å²) in [6, 6.07) is 10.6. The highest BCUT2D eigenvalue weighted by Crippen LogP contribution is 2.71. The van der Waals surface area contributed by atoms with Gasteiger partial charge in [-0.15, -0.1) is 0 Å². The molecule has 1 aromatic carbocycles. The highest BCUT2D eigenvalue weighted by Gasteiger charge is 2.66. The Morgan fingerprint density at radius 2 is 1.79 bits per heavy atom. The summed E-state index contributed by atoms with van der Waals surface area (Å²) in [5.74, 6) is 0.536. The third-order valence-corrected chi connectivity index (χ3v) is 5.50. The maximum Gasteiger partial charge on any atom is 0.0702 e. The standard InChI is InChI=1S/C17H22N2/c1-16(2)15(17(16,3)4)14(18)12-7-8-13-11(10-12)6-5-9-19-13/h5-10,14-15H,18H2,1-4H3. The number of hydrogen-bond acceptors (Lipinski definition) is 2. The van der Waals surface area contributed by atoms with Gasteiger partial charge in [-0.25, -0.2) is 0 Å². The summed E-state index contributed by atoms with van der Waals surface area (Å²) >= 11 is 0. The van der Waals surface area contributed by atoms with Gasteiger partial charge < -0.3 is 5.73 Å². The third kappa shape index (κ3) is 1.70. The summed E-state index contributed by atoms with van der Waals surface area (Å²) in [5.41, 5.74) is 9.41. The fourth-order valence-corrected chi connectivity index (χ4v) is 3.64. The first-order chi connectivity index (χ1) is 8.85. The maximum atomic E-state index is 6.52. The average molecular weight is 254 g/mol. The van der Waals surface area contributed by atoms with Crippen molar-refractivity contribution >= 4 is 10.9 Å². The molecule has 1 saturated carbocycles. The predicted octanol–water partition coefficient (Wildman–Crippen LogP) is 3.92. The Morgan fingerprint density at radius 1 is 1.11 bits per heavy atom. The van der Waals surface area contributed by atoms with Crippen molar-refractivity contribution in [1.29, 1.82) is 0 Å². The molecule has 1 aromatic heterocycles. The van der Waals surface area contributed by atoms with Crippen LogP contribution < -0.4 is 5.73 Å². The number of benzene rings is 1. The van der Waals surface area contributed by atoms with Gasteiger partial charge in [0.15, 0.2) is 0 Å². The summed E-state index contributed by atoms with van der Waals surface area (Å²) in [6.07, 6.45) is 1.83. The van der Waals surface area contributed by atoms with Crippen LogP contribution in [0.4, 0.5) is 0 Å². The van der Waals surface area contributed by atoms with Crippen molar-refractivity contribution in [2.75, 3.05) is 0 Å². The molecule has 0 spiro atoms. The van der Waals surface area contributed by atoms with Gasteiger partial charge in [-0.2, -0.15) is 0 Å². The van der Waals surface area contributed by atoms with Crippen LogP contribution in [0.1, 0.15) is 39.3 Å². The van der Waals surface area contributed by atoms with E-state index in [4.69, 9.17) is 5.73 Å². The van der Waals surface area contributed by atoms with Gasteiger partial charge in [0, 0.05) is 17.6 Å². The van der Waals surface area contributed by atoms with Gasteiger partial charge in [-0.3, -0.25) is 4.98 Å². The van der Waals surface area contributed by atoms with Gasteiger partial charge in [-0.1, -0.05) is 39.8 Å². The Balaban J connectivity index is 1.97. The predicted molar refractivity (Wildman–Crippen MR) is 79.7 cm³/mol. The lowest BCUT2D eigenvalue weighted by Crippen LogP contribution is -2.16. The summed E-state index contributed by atoms with van der Waals surface area (Å²) < 4.78 is 0. The van der Waals surface area contributed by atoms with E-state index in [-0.39, 0.29) is 6.04 Å². The molecule has 2 N–H and O–H groups in total. The molecule has 0 radical (unpaired) electrons. The summed E-state index contributed by atoms with van der Waals surface area (Å²) in [5, 5.41) is 1.17. The van der Waals surface area contributed by atoms with E-state index in [1.807, 2.05) is 12.3 Å². The summed E-state index contributed by atoms with van der Waals surface area (Å²) in [7, 11) is 0. The van der Waals surface area contributed by atoms with Crippen LogP contribution in [0.25, 0.3) is 10.9 Å². The van der Waals surface area contributed by atoms with Crippen LogP contribution in [-0.4, -0.2) is 4.98 Å². The van der Waals surface area contributed by atoms with Crippen LogP contribution in [-0.2, 0) is 0 Å². The van der Waals surface area contributed by atoms with Gasteiger partial charge in [0.25, 0.3) is 0 Å². The lowest BCUT2D eigenvalue weighted by molar-refractivity contribution is 0.457. The zero-order chi connectivity index (χ0) is 13.8. The molecular weight excluding hydrogens is 232 g/mol. The van der Waals surface area contributed by atoms with E-state index in [1.165, 1.54) is 10.9 Å². The van der Waals surface area contributed by atoms with Crippen molar-refractivity contribution in [3.8, 4) is 0 Å². The first kappa shape index (κ1) is 12.6. The number of fused-ring (bicyclic) bond motifs is 1. The smallest absolute Gasteiger partial charge is 0.0702 e. The SMILES string of the molecule is CC1(C)C(C(N)c2ccc3ncccc3c2)C1(C)C. The number of rotatable bonds is 2. The average Bonchev–Trinajstić information content (AvgIpc) is 2.78. The molecule has 0 aliphatic heterocycles. The second-order valence-electron chi connectivity index (χ2n) is 6.90. The van der Waals surface area contributed by atoms with Crippen LogP contribution in [0.2, 0.25) is 0 Å². The zero-order valence-corrected chi connectivity index (χ0v) is 12.1. The third-order valence-electron chi connectivity index (χ3n) is 5.50. The first-order valence-electron chi connectivity index (χ1n) is 6.96. The molecule has 3 rings (SSSR count). The lowest BCUT2D eigenvalue weighted by Gasteiger charge is -2.15. The Labute approximate surface area is 115 Å². The van der Waals surface area contributed by atoms with Crippen molar-refractivity contribution in [2.24, 2.45) is 22.5 Å². The minimum absolute atomic E-state index is 0.106. The second-order valence-corrected chi connectivity index (χ2v) is 6.90. The van der Waals surface area contributed by atoms with Crippen molar-refractivity contribution in [3.05, 3.63) is 42.1 Å². The Kier molecular flexibility index (Phi) is 2.52. The van der Waals surface area contributed by atoms with Crippen molar-refractivity contribution < 1.29 is 0 Å². The molecule has 1 unspecified atom stereocenters.